The summed E-state index contributed by atoms with van der Waals surface area (Å²) in [6.07, 6.45) is 3.01. The van der Waals surface area contributed by atoms with Crippen molar-refractivity contribution < 1.29 is 9.53 Å². The average Bonchev–Trinajstić information content (AvgIpc) is 2.89. The van der Waals surface area contributed by atoms with E-state index in [0.29, 0.717) is 25.3 Å². The van der Waals surface area contributed by atoms with E-state index in [9.17, 15) is 4.79 Å². The van der Waals surface area contributed by atoms with Gasteiger partial charge < -0.3 is 19.9 Å². The summed E-state index contributed by atoms with van der Waals surface area (Å²) in [7, 11) is 1.62. The van der Waals surface area contributed by atoms with Gasteiger partial charge in [-0.05, 0) is 30.9 Å². The Kier molecular flexibility index (Phi) is 6.34. The van der Waals surface area contributed by atoms with Gasteiger partial charge in [-0.15, -0.1) is 0 Å². The highest BCUT2D eigenvalue weighted by atomic mass is 16.5. The van der Waals surface area contributed by atoms with Gasteiger partial charge in [0.05, 0.1) is 19.3 Å². The molecule has 0 aliphatic carbocycles. The van der Waals surface area contributed by atoms with Crippen molar-refractivity contribution in [1.82, 2.24) is 14.9 Å². The Bertz CT molecular complexity index is 1160. The van der Waals surface area contributed by atoms with Crippen LogP contribution in [-0.4, -0.2) is 47.6 Å². The van der Waals surface area contributed by atoms with Crippen molar-refractivity contribution in [3.05, 3.63) is 65.9 Å². The number of nitrogens with one attached hydrogen (secondary N) is 1. The van der Waals surface area contributed by atoms with E-state index in [1.54, 1.807) is 7.11 Å². The molecule has 1 N–H and O–H groups in total. The molecule has 3 aromatic rings. The SMILES string of the molecule is COc1cccc(NC(=O)N2CCc3nc(-c4ccccc4)nc(N4CCC(C)CC4)c3C2)c1. The minimum atomic E-state index is -0.121. The number of methoxy groups -OCH3 is 1. The molecule has 1 fully saturated rings. The summed E-state index contributed by atoms with van der Waals surface area (Å²) < 4.78 is 5.28. The molecule has 2 aromatic carbocycles. The topological polar surface area (TPSA) is 70.6 Å². The van der Waals surface area contributed by atoms with Crippen molar-refractivity contribution in [1.29, 1.82) is 0 Å². The summed E-state index contributed by atoms with van der Waals surface area (Å²) in [4.78, 5) is 27.3. The van der Waals surface area contributed by atoms with Crippen LogP contribution in [0.4, 0.5) is 16.3 Å². The molecule has 2 aliphatic rings. The molecule has 2 aliphatic heterocycles. The molecule has 0 atom stereocenters. The Labute approximate surface area is 200 Å². The normalized spacial score (nSPS) is 16.2. The van der Waals surface area contributed by atoms with Crippen LogP contribution < -0.4 is 15.0 Å². The van der Waals surface area contributed by atoms with E-state index in [1.165, 1.54) is 0 Å². The highest BCUT2D eigenvalue weighted by Gasteiger charge is 2.29. The minimum Gasteiger partial charge on any atom is -0.497 e. The van der Waals surface area contributed by atoms with Gasteiger partial charge in [-0.3, -0.25) is 0 Å². The van der Waals surface area contributed by atoms with E-state index in [-0.39, 0.29) is 6.03 Å². The van der Waals surface area contributed by atoms with Crippen LogP contribution in [0.5, 0.6) is 5.75 Å². The van der Waals surface area contributed by atoms with Crippen LogP contribution in [0.25, 0.3) is 11.4 Å². The first-order valence-corrected chi connectivity index (χ1v) is 12.0. The van der Waals surface area contributed by atoms with Crippen LogP contribution >= 0.6 is 0 Å². The van der Waals surface area contributed by atoms with E-state index in [2.05, 4.69) is 29.3 Å². The van der Waals surface area contributed by atoms with E-state index in [4.69, 9.17) is 14.7 Å². The molecular formula is C27H31N5O2. The summed E-state index contributed by atoms with van der Waals surface area (Å²) in [5, 5.41) is 3.01. The zero-order valence-electron chi connectivity index (χ0n) is 19.8. The lowest BCUT2D eigenvalue weighted by Gasteiger charge is -2.36. The maximum absolute atomic E-state index is 13.1. The van der Waals surface area contributed by atoms with Gasteiger partial charge in [-0.25, -0.2) is 14.8 Å². The molecule has 1 aromatic heterocycles. The predicted molar refractivity (Wildman–Crippen MR) is 134 cm³/mol. The Morgan fingerprint density at radius 3 is 2.59 bits per heavy atom. The van der Waals surface area contributed by atoms with Gasteiger partial charge in [0.25, 0.3) is 0 Å². The molecule has 34 heavy (non-hydrogen) atoms. The first kappa shape index (κ1) is 22.2. The Morgan fingerprint density at radius 1 is 1.03 bits per heavy atom. The Balaban J connectivity index is 1.43. The van der Waals surface area contributed by atoms with E-state index in [0.717, 1.165) is 66.0 Å². The number of urea groups is 1. The molecule has 2 amide bonds. The van der Waals surface area contributed by atoms with Crippen molar-refractivity contribution >= 4 is 17.5 Å². The van der Waals surface area contributed by atoms with Crippen LogP contribution in [0, 0.1) is 5.92 Å². The molecule has 3 heterocycles. The molecule has 7 nitrogen and oxygen atoms in total. The van der Waals surface area contributed by atoms with Crippen LogP contribution in [0.3, 0.4) is 0 Å². The third-order valence-electron chi connectivity index (χ3n) is 6.76. The van der Waals surface area contributed by atoms with Crippen molar-refractivity contribution in [2.45, 2.75) is 32.7 Å². The fourth-order valence-electron chi connectivity index (χ4n) is 4.67. The number of hydrogen-bond donors (Lipinski definition) is 1. The van der Waals surface area contributed by atoms with Gasteiger partial charge in [0.15, 0.2) is 5.82 Å². The van der Waals surface area contributed by atoms with E-state index < -0.39 is 0 Å². The first-order valence-electron chi connectivity index (χ1n) is 12.0. The van der Waals surface area contributed by atoms with Gasteiger partial charge >= 0.3 is 6.03 Å². The number of fused-ring (bicyclic) bond motifs is 1. The number of nitrogens with zero attached hydrogens (tertiary/aromatic N) is 4. The standard InChI is InChI=1S/C27H31N5O2/c1-19-11-14-31(15-12-19)26-23-18-32(27(33)28-21-9-6-10-22(17-21)34-2)16-13-24(23)29-25(30-26)20-7-4-3-5-8-20/h3-10,17,19H,11-16,18H2,1-2H3,(H,28,33). The lowest BCUT2D eigenvalue weighted by Crippen LogP contribution is -2.41. The largest absolute Gasteiger partial charge is 0.497 e. The first-order chi connectivity index (χ1) is 16.6. The number of carbonyl (C=O) groups excluding carboxylic acids is 1. The molecule has 176 valence electrons. The van der Waals surface area contributed by atoms with Crippen LogP contribution in [0.1, 0.15) is 31.0 Å². The summed E-state index contributed by atoms with van der Waals surface area (Å²) >= 11 is 0. The summed E-state index contributed by atoms with van der Waals surface area (Å²) in [6, 6.07) is 17.5. The second kappa shape index (κ2) is 9.71. The van der Waals surface area contributed by atoms with Gasteiger partial charge in [-0.1, -0.05) is 43.3 Å². The zero-order valence-corrected chi connectivity index (χ0v) is 19.8. The number of hydrogen-bond acceptors (Lipinski definition) is 5. The lowest BCUT2D eigenvalue weighted by atomic mass is 9.98. The van der Waals surface area contributed by atoms with Crippen LogP contribution in [-0.2, 0) is 13.0 Å². The molecule has 0 bridgehead atoms. The number of carbonyl (C=O) groups is 1. The second-order valence-electron chi connectivity index (χ2n) is 9.17. The molecule has 1 saturated heterocycles. The number of anilines is 2. The van der Waals surface area contributed by atoms with Crippen LogP contribution in [0.15, 0.2) is 54.6 Å². The van der Waals surface area contributed by atoms with Crippen molar-refractivity contribution in [2.24, 2.45) is 5.92 Å². The number of aromatic nitrogens is 2. The molecule has 0 unspecified atom stereocenters. The van der Waals surface area contributed by atoms with Gasteiger partial charge in [0.1, 0.15) is 11.6 Å². The van der Waals surface area contributed by atoms with Gasteiger partial charge in [-0.2, -0.15) is 0 Å². The molecule has 0 saturated carbocycles. The maximum Gasteiger partial charge on any atom is 0.322 e. The summed E-state index contributed by atoms with van der Waals surface area (Å²) in [5.41, 5.74) is 3.86. The number of amides is 2. The fraction of sp³-hybridized carbons (Fsp3) is 0.370. The zero-order chi connectivity index (χ0) is 23.5. The highest BCUT2D eigenvalue weighted by Crippen LogP contribution is 2.32. The highest BCUT2D eigenvalue weighted by molar-refractivity contribution is 5.89. The van der Waals surface area contributed by atoms with Gasteiger partial charge in [0.2, 0.25) is 0 Å². The third kappa shape index (κ3) is 4.69. The molecule has 7 heteroatoms. The number of piperidine rings is 1. The van der Waals surface area contributed by atoms with Crippen LogP contribution in [0.2, 0.25) is 0 Å². The molecule has 0 spiro atoms. The molecule has 0 radical (unpaired) electrons. The third-order valence-corrected chi connectivity index (χ3v) is 6.76. The van der Waals surface area contributed by atoms with E-state index >= 15 is 0 Å². The molecular weight excluding hydrogens is 426 g/mol. The number of benzene rings is 2. The Morgan fingerprint density at radius 2 is 1.82 bits per heavy atom. The maximum atomic E-state index is 13.1. The quantitative estimate of drug-likeness (QED) is 0.598. The molecule has 5 rings (SSSR count). The monoisotopic (exact) mass is 457 g/mol. The Hall–Kier alpha value is -3.61. The summed E-state index contributed by atoms with van der Waals surface area (Å²) in [6.45, 7) is 5.39. The second-order valence-corrected chi connectivity index (χ2v) is 9.17. The number of ether oxygens (including phenoxy) is 1. The minimum absolute atomic E-state index is 0.121. The van der Waals surface area contributed by atoms with Gasteiger partial charge in [0, 0.05) is 48.9 Å². The average molecular weight is 458 g/mol. The lowest BCUT2D eigenvalue weighted by molar-refractivity contribution is 0.206. The van der Waals surface area contributed by atoms with Crippen molar-refractivity contribution in [2.75, 3.05) is 37.0 Å². The van der Waals surface area contributed by atoms with Crippen molar-refractivity contribution in [3.8, 4) is 17.1 Å². The summed E-state index contributed by atoms with van der Waals surface area (Å²) in [5.74, 6) is 3.19. The van der Waals surface area contributed by atoms with Crippen molar-refractivity contribution in [3.63, 3.8) is 0 Å². The van der Waals surface area contributed by atoms with E-state index in [1.807, 2.05) is 47.4 Å². The predicted octanol–water partition coefficient (Wildman–Crippen LogP) is 4.98. The smallest absolute Gasteiger partial charge is 0.322 e. The fourth-order valence-corrected chi connectivity index (χ4v) is 4.67. The number of rotatable bonds is 4.